The van der Waals surface area contributed by atoms with Gasteiger partial charge < -0.3 is 10.1 Å². The molecule has 4 heteroatoms. The molecule has 1 aliphatic heterocycles. The molecule has 2 aromatic rings. The molecule has 1 heterocycles. The molecule has 1 fully saturated rings. The van der Waals surface area contributed by atoms with Crippen LogP contribution in [-0.2, 0) is 17.7 Å². The van der Waals surface area contributed by atoms with Gasteiger partial charge in [0.2, 0.25) is 0 Å². The molecule has 1 atom stereocenters. The third kappa shape index (κ3) is 3.97. The summed E-state index contributed by atoms with van der Waals surface area (Å²) in [7, 11) is 0. The van der Waals surface area contributed by atoms with E-state index in [1.165, 1.54) is 16.7 Å². The largest absolute Gasteiger partial charge is 0.379 e. The second-order valence-electron chi connectivity index (χ2n) is 7.21. The van der Waals surface area contributed by atoms with Crippen LogP contribution in [0, 0.1) is 0 Å². The average molecular weight is 350 g/mol. The number of hydrogen-bond donors (Lipinski definition) is 1. The van der Waals surface area contributed by atoms with Crippen molar-refractivity contribution in [2.75, 3.05) is 26.3 Å². The van der Waals surface area contributed by atoms with Gasteiger partial charge in [0.1, 0.15) is 0 Å². The van der Waals surface area contributed by atoms with Crippen LogP contribution < -0.4 is 5.32 Å². The molecule has 0 unspecified atom stereocenters. The van der Waals surface area contributed by atoms with Gasteiger partial charge in [-0.15, -0.1) is 0 Å². The normalized spacial score (nSPS) is 20.4. The third-order valence-corrected chi connectivity index (χ3v) is 5.37. The molecule has 1 aliphatic carbocycles. The van der Waals surface area contributed by atoms with E-state index in [4.69, 9.17) is 4.74 Å². The van der Waals surface area contributed by atoms with Gasteiger partial charge in [0.05, 0.1) is 19.3 Å². The number of nitrogens with one attached hydrogen (secondary N) is 1. The lowest BCUT2D eigenvalue weighted by atomic mass is 9.87. The third-order valence-electron chi connectivity index (χ3n) is 5.37. The van der Waals surface area contributed by atoms with Crippen molar-refractivity contribution in [1.82, 2.24) is 10.2 Å². The molecule has 2 aromatic carbocycles. The van der Waals surface area contributed by atoms with Gasteiger partial charge >= 0.3 is 0 Å². The van der Waals surface area contributed by atoms with Crippen molar-refractivity contribution >= 4 is 5.91 Å². The number of fused-ring (bicyclic) bond motifs is 1. The fourth-order valence-electron chi connectivity index (χ4n) is 3.97. The summed E-state index contributed by atoms with van der Waals surface area (Å²) in [4.78, 5) is 15.2. The number of rotatable bonds is 4. The molecule has 0 saturated carbocycles. The highest BCUT2D eigenvalue weighted by molar-refractivity contribution is 5.94. The van der Waals surface area contributed by atoms with Crippen LogP contribution in [0.15, 0.2) is 48.5 Å². The lowest BCUT2D eigenvalue weighted by Gasteiger charge is -2.27. The number of ether oxygens (including phenoxy) is 1. The SMILES string of the molecule is O=C(N[C@H]1CCCc2ccccc21)c1cccc(CN2CCOCC2)c1. The number of nitrogens with zero attached hydrogens (tertiary/aromatic N) is 1. The first-order valence-corrected chi connectivity index (χ1v) is 9.57. The molecular weight excluding hydrogens is 324 g/mol. The van der Waals surface area contributed by atoms with E-state index in [0.717, 1.165) is 57.7 Å². The van der Waals surface area contributed by atoms with Gasteiger partial charge in [-0.05, 0) is 48.1 Å². The zero-order valence-electron chi connectivity index (χ0n) is 15.1. The summed E-state index contributed by atoms with van der Waals surface area (Å²) in [6.45, 7) is 4.36. The Morgan fingerprint density at radius 2 is 1.96 bits per heavy atom. The first-order valence-electron chi connectivity index (χ1n) is 9.57. The van der Waals surface area contributed by atoms with Crippen molar-refractivity contribution in [2.45, 2.75) is 31.8 Å². The number of hydrogen-bond acceptors (Lipinski definition) is 3. The average Bonchev–Trinajstić information content (AvgIpc) is 2.69. The van der Waals surface area contributed by atoms with Crippen LogP contribution in [0.3, 0.4) is 0 Å². The van der Waals surface area contributed by atoms with Crippen LogP contribution in [0.1, 0.15) is 45.9 Å². The second kappa shape index (κ2) is 8.02. The van der Waals surface area contributed by atoms with Gasteiger partial charge in [0.15, 0.2) is 0 Å². The fourth-order valence-corrected chi connectivity index (χ4v) is 3.97. The summed E-state index contributed by atoms with van der Waals surface area (Å²) in [6, 6.07) is 16.6. The van der Waals surface area contributed by atoms with E-state index in [1.54, 1.807) is 0 Å². The van der Waals surface area contributed by atoms with Crippen LogP contribution in [0.4, 0.5) is 0 Å². The minimum Gasteiger partial charge on any atom is -0.379 e. The Kier molecular flexibility index (Phi) is 5.32. The standard InChI is InChI=1S/C22H26N2O2/c25-22(23-21-10-4-7-18-6-1-2-9-20(18)21)19-8-3-5-17(15-19)16-24-11-13-26-14-12-24/h1-3,5-6,8-9,15,21H,4,7,10-14,16H2,(H,23,25)/t21-/m0/s1. The van der Waals surface area contributed by atoms with Crippen LogP contribution in [-0.4, -0.2) is 37.1 Å². The lowest BCUT2D eigenvalue weighted by molar-refractivity contribution is 0.0342. The quantitative estimate of drug-likeness (QED) is 0.920. The van der Waals surface area contributed by atoms with E-state index in [2.05, 4.69) is 40.5 Å². The first-order chi connectivity index (χ1) is 12.8. The van der Waals surface area contributed by atoms with E-state index in [1.807, 2.05) is 18.2 Å². The topological polar surface area (TPSA) is 41.6 Å². The summed E-state index contributed by atoms with van der Waals surface area (Å²) in [5.74, 6) is 0.0236. The molecular formula is C22H26N2O2. The maximum atomic E-state index is 12.8. The maximum absolute atomic E-state index is 12.8. The van der Waals surface area contributed by atoms with Crippen LogP contribution in [0.2, 0.25) is 0 Å². The van der Waals surface area contributed by atoms with Crippen molar-refractivity contribution in [1.29, 1.82) is 0 Å². The monoisotopic (exact) mass is 350 g/mol. The zero-order chi connectivity index (χ0) is 17.8. The molecule has 0 spiro atoms. The lowest BCUT2D eigenvalue weighted by Crippen LogP contribution is -2.35. The van der Waals surface area contributed by atoms with Crippen molar-refractivity contribution < 1.29 is 9.53 Å². The Morgan fingerprint density at radius 1 is 1.12 bits per heavy atom. The minimum atomic E-state index is 0.0236. The predicted octanol–water partition coefficient (Wildman–Crippen LogP) is 3.33. The van der Waals surface area contributed by atoms with Crippen LogP contribution >= 0.6 is 0 Å². The second-order valence-corrected chi connectivity index (χ2v) is 7.21. The summed E-state index contributed by atoms with van der Waals surface area (Å²) < 4.78 is 5.41. The molecule has 4 nitrogen and oxygen atoms in total. The minimum absolute atomic E-state index is 0.0236. The number of benzene rings is 2. The Morgan fingerprint density at radius 3 is 2.85 bits per heavy atom. The van der Waals surface area contributed by atoms with Gasteiger partial charge in [0.25, 0.3) is 5.91 Å². The Hall–Kier alpha value is -2.17. The maximum Gasteiger partial charge on any atom is 0.251 e. The van der Waals surface area contributed by atoms with Gasteiger partial charge in [-0.1, -0.05) is 36.4 Å². The molecule has 2 aliphatic rings. The molecule has 0 aromatic heterocycles. The Balaban J connectivity index is 1.44. The van der Waals surface area contributed by atoms with Crippen molar-refractivity contribution in [3.8, 4) is 0 Å². The number of morpholine rings is 1. The molecule has 26 heavy (non-hydrogen) atoms. The molecule has 1 saturated heterocycles. The Labute approximate surface area is 155 Å². The highest BCUT2D eigenvalue weighted by Crippen LogP contribution is 2.29. The number of aryl methyl sites for hydroxylation is 1. The molecule has 0 radical (unpaired) electrons. The van der Waals surface area contributed by atoms with Crippen LogP contribution in [0.25, 0.3) is 0 Å². The van der Waals surface area contributed by atoms with E-state index in [0.29, 0.717) is 0 Å². The highest BCUT2D eigenvalue weighted by atomic mass is 16.5. The van der Waals surface area contributed by atoms with Crippen molar-refractivity contribution in [2.24, 2.45) is 0 Å². The zero-order valence-corrected chi connectivity index (χ0v) is 15.1. The van der Waals surface area contributed by atoms with E-state index >= 15 is 0 Å². The Bertz CT molecular complexity index is 768. The van der Waals surface area contributed by atoms with Crippen molar-refractivity contribution in [3.05, 3.63) is 70.8 Å². The van der Waals surface area contributed by atoms with Gasteiger partial charge in [0, 0.05) is 25.2 Å². The van der Waals surface area contributed by atoms with E-state index < -0.39 is 0 Å². The van der Waals surface area contributed by atoms with Gasteiger partial charge in [-0.25, -0.2) is 0 Å². The molecule has 136 valence electrons. The fraction of sp³-hybridized carbons (Fsp3) is 0.409. The highest BCUT2D eigenvalue weighted by Gasteiger charge is 2.22. The number of carbonyl (C=O) groups excluding carboxylic acids is 1. The first kappa shape index (κ1) is 17.3. The predicted molar refractivity (Wildman–Crippen MR) is 102 cm³/mol. The van der Waals surface area contributed by atoms with E-state index in [9.17, 15) is 4.79 Å². The number of amides is 1. The molecule has 4 rings (SSSR count). The van der Waals surface area contributed by atoms with Gasteiger partial charge in [-0.3, -0.25) is 9.69 Å². The smallest absolute Gasteiger partial charge is 0.251 e. The summed E-state index contributed by atoms with van der Waals surface area (Å²) in [5, 5.41) is 3.25. The molecule has 1 amide bonds. The number of carbonyl (C=O) groups is 1. The summed E-state index contributed by atoms with van der Waals surface area (Å²) in [6.07, 6.45) is 3.24. The van der Waals surface area contributed by atoms with Crippen molar-refractivity contribution in [3.63, 3.8) is 0 Å². The van der Waals surface area contributed by atoms with E-state index in [-0.39, 0.29) is 11.9 Å². The van der Waals surface area contributed by atoms with Crippen LogP contribution in [0.5, 0.6) is 0 Å². The molecule has 1 N–H and O–H groups in total. The molecule has 0 bridgehead atoms. The van der Waals surface area contributed by atoms with Gasteiger partial charge in [-0.2, -0.15) is 0 Å². The summed E-state index contributed by atoms with van der Waals surface area (Å²) >= 11 is 0. The summed E-state index contributed by atoms with van der Waals surface area (Å²) in [5.41, 5.74) is 4.57.